The molecular formula is C10H17BrF2O. The van der Waals surface area contributed by atoms with Crippen molar-refractivity contribution >= 4 is 15.9 Å². The van der Waals surface area contributed by atoms with Gasteiger partial charge in [-0.2, -0.15) is 8.78 Å². The molecule has 0 aliphatic heterocycles. The van der Waals surface area contributed by atoms with Crippen molar-refractivity contribution < 1.29 is 13.9 Å². The van der Waals surface area contributed by atoms with E-state index in [0.717, 1.165) is 32.1 Å². The lowest BCUT2D eigenvalue weighted by molar-refractivity contribution is -0.0715. The number of alkyl halides is 3. The van der Waals surface area contributed by atoms with E-state index < -0.39 is 10.9 Å². The molecule has 4 heteroatoms. The fraction of sp³-hybridized carbons (Fsp3) is 1.00. The average molecular weight is 271 g/mol. The van der Waals surface area contributed by atoms with Gasteiger partial charge in [-0.15, -0.1) is 0 Å². The van der Waals surface area contributed by atoms with Gasteiger partial charge in [-0.3, -0.25) is 0 Å². The molecule has 1 N–H and O–H groups in total. The average Bonchev–Trinajstić information content (AvgIpc) is 2.15. The van der Waals surface area contributed by atoms with Gasteiger partial charge in [0.2, 0.25) is 0 Å². The fourth-order valence-electron chi connectivity index (χ4n) is 2.26. The van der Waals surface area contributed by atoms with Gasteiger partial charge in [-0.1, -0.05) is 26.2 Å². The first kappa shape index (κ1) is 12.4. The Hall–Kier alpha value is 0.300. The minimum absolute atomic E-state index is 0.247. The van der Waals surface area contributed by atoms with Gasteiger partial charge in [0.25, 0.3) is 0 Å². The van der Waals surface area contributed by atoms with Crippen molar-refractivity contribution in [3.8, 4) is 0 Å². The summed E-state index contributed by atoms with van der Waals surface area (Å²) in [7, 11) is 0. The molecule has 1 nitrogen and oxygen atoms in total. The van der Waals surface area contributed by atoms with Crippen LogP contribution >= 0.6 is 15.9 Å². The summed E-state index contributed by atoms with van der Waals surface area (Å²) in [6, 6.07) is 0. The second-order valence-electron chi connectivity index (χ2n) is 4.19. The van der Waals surface area contributed by atoms with Crippen LogP contribution in [0.25, 0.3) is 0 Å². The number of hydrogen-bond acceptors (Lipinski definition) is 1. The van der Waals surface area contributed by atoms with E-state index in [1.807, 2.05) is 0 Å². The molecule has 0 aromatic heterocycles. The summed E-state index contributed by atoms with van der Waals surface area (Å²) in [5.74, 6) is 0.265. The van der Waals surface area contributed by atoms with Gasteiger partial charge >= 0.3 is 4.83 Å². The molecule has 0 aromatic rings. The van der Waals surface area contributed by atoms with E-state index in [9.17, 15) is 13.9 Å². The minimum Gasteiger partial charge on any atom is -0.386 e. The van der Waals surface area contributed by atoms with E-state index in [4.69, 9.17) is 0 Å². The SMILES string of the molecule is CCC1CCCC(C(O)C(F)(F)Br)C1. The monoisotopic (exact) mass is 270 g/mol. The topological polar surface area (TPSA) is 20.2 Å². The quantitative estimate of drug-likeness (QED) is 0.778. The number of aliphatic hydroxyl groups excluding tert-OH is 1. The number of aliphatic hydroxyl groups is 1. The highest BCUT2D eigenvalue weighted by molar-refractivity contribution is 9.10. The number of halogens is 3. The highest BCUT2D eigenvalue weighted by Crippen LogP contribution is 2.39. The fourth-order valence-corrected chi connectivity index (χ4v) is 2.63. The molecule has 84 valence electrons. The van der Waals surface area contributed by atoms with Crippen LogP contribution in [0.1, 0.15) is 39.0 Å². The maximum absolute atomic E-state index is 12.8. The standard InChI is InChI=1S/C10H17BrF2O/c1-2-7-4-3-5-8(6-7)9(14)10(11,12)13/h7-9,14H,2-6H2,1H3. The van der Waals surface area contributed by atoms with Crippen molar-refractivity contribution in [3.05, 3.63) is 0 Å². The Morgan fingerprint density at radius 3 is 2.64 bits per heavy atom. The van der Waals surface area contributed by atoms with E-state index in [2.05, 4.69) is 22.9 Å². The molecule has 1 fully saturated rings. The van der Waals surface area contributed by atoms with Crippen LogP contribution in [0.5, 0.6) is 0 Å². The molecule has 0 radical (unpaired) electrons. The van der Waals surface area contributed by atoms with Crippen LogP contribution in [0.2, 0.25) is 0 Å². The Balaban J connectivity index is 2.51. The third kappa shape index (κ3) is 3.16. The molecule has 14 heavy (non-hydrogen) atoms. The molecule has 3 unspecified atom stereocenters. The Morgan fingerprint density at radius 2 is 2.14 bits per heavy atom. The molecular weight excluding hydrogens is 254 g/mol. The van der Waals surface area contributed by atoms with Crippen molar-refractivity contribution in [2.45, 2.75) is 50.0 Å². The first-order valence-corrected chi connectivity index (χ1v) is 5.99. The smallest absolute Gasteiger partial charge is 0.326 e. The summed E-state index contributed by atoms with van der Waals surface area (Å²) in [5.41, 5.74) is 0. The second-order valence-corrected chi connectivity index (χ2v) is 5.24. The highest BCUT2D eigenvalue weighted by atomic mass is 79.9. The normalized spacial score (nSPS) is 31.5. The van der Waals surface area contributed by atoms with Gasteiger partial charge < -0.3 is 5.11 Å². The molecule has 1 aliphatic carbocycles. The van der Waals surface area contributed by atoms with Crippen LogP contribution in [-0.4, -0.2) is 16.0 Å². The van der Waals surface area contributed by atoms with Crippen molar-refractivity contribution in [2.24, 2.45) is 11.8 Å². The summed E-state index contributed by atoms with van der Waals surface area (Å²) in [6.07, 6.45) is 3.03. The molecule has 1 saturated carbocycles. The molecule has 1 aliphatic rings. The summed E-state index contributed by atoms with van der Waals surface area (Å²) in [4.78, 5) is -3.13. The van der Waals surface area contributed by atoms with E-state index in [1.165, 1.54) is 0 Å². The molecule has 0 bridgehead atoms. The molecule has 0 aromatic carbocycles. The molecule has 1 rings (SSSR count). The van der Waals surface area contributed by atoms with E-state index >= 15 is 0 Å². The van der Waals surface area contributed by atoms with Crippen LogP contribution in [-0.2, 0) is 0 Å². The van der Waals surface area contributed by atoms with Crippen LogP contribution in [0.15, 0.2) is 0 Å². The Morgan fingerprint density at radius 1 is 1.50 bits per heavy atom. The first-order valence-electron chi connectivity index (χ1n) is 5.20. The van der Waals surface area contributed by atoms with Crippen LogP contribution in [0.3, 0.4) is 0 Å². The zero-order chi connectivity index (χ0) is 10.8. The predicted molar refractivity (Wildman–Crippen MR) is 55.6 cm³/mol. The molecule has 0 saturated heterocycles. The van der Waals surface area contributed by atoms with Gasteiger partial charge in [-0.25, -0.2) is 0 Å². The lowest BCUT2D eigenvalue weighted by Crippen LogP contribution is -2.37. The van der Waals surface area contributed by atoms with Gasteiger partial charge in [0.15, 0.2) is 0 Å². The summed E-state index contributed by atoms with van der Waals surface area (Å²) < 4.78 is 25.6. The van der Waals surface area contributed by atoms with Crippen molar-refractivity contribution in [3.63, 3.8) is 0 Å². The third-order valence-electron chi connectivity index (χ3n) is 3.18. The second kappa shape index (κ2) is 4.88. The van der Waals surface area contributed by atoms with Gasteiger partial charge in [0, 0.05) is 0 Å². The largest absolute Gasteiger partial charge is 0.386 e. The Labute approximate surface area is 92.0 Å². The van der Waals surface area contributed by atoms with E-state index in [1.54, 1.807) is 0 Å². The molecule has 0 spiro atoms. The highest BCUT2D eigenvalue weighted by Gasteiger charge is 2.41. The summed E-state index contributed by atoms with van der Waals surface area (Å²) in [6.45, 7) is 2.08. The third-order valence-corrected chi connectivity index (χ3v) is 3.65. The molecule has 0 heterocycles. The number of hydrogen-bond donors (Lipinski definition) is 1. The first-order chi connectivity index (χ1) is 6.45. The van der Waals surface area contributed by atoms with E-state index in [0.29, 0.717) is 5.92 Å². The van der Waals surface area contributed by atoms with Crippen LogP contribution < -0.4 is 0 Å². The zero-order valence-electron chi connectivity index (χ0n) is 8.35. The Bertz CT molecular complexity index is 181. The maximum Gasteiger partial charge on any atom is 0.326 e. The lowest BCUT2D eigenvalue weighted by Gasteiger charge is -2.33. The molecule has 3 atom stereocenters. The summed E-state index contributed by atoms with van der Waals surface area (Å²) >= 11 is 2.24. The van der Waals surface area contributed by atoms with Gasteiger partial charge in [0.1, 0.15) is 6.10 Å². The zero-order valence-corrected chi connectivity index (χ0v) is 9.93. The van der Waals surface area contributed by atoms with Gasteiger partial charge in [-0.05, 0) is 40.6 Å². The van der Waals surface area contributed by atoms with Crippen LogP contribution in [0, 0.1) is 11.8 Å². The lowest BCUT2D eigenvalue weighted by atomic mass is 9.78. The summed E-state index contributed by atoms with van der Waals surface area (Å²) in [5, 5.41) is 9.43. The van der Waals surface area contributed by atoms with E-state index in [-0.39, 0.29) is 5.92 Å². The molecule has 0 amide bonds. The predicted octanol–water partition coefficient (Wildman–Crippen LogP) is 3.55. The van der Waals surface area contributed by atoms with Crippen LogP contribution in [0.4, 0.5) is 8.78 Å². The number of rotatable bonds is 3. The van der Waals surface area contributed by atoms with Gasteiger partial charge in [0.05, 0.1) is 0 Å². The minimum atomic E-state index is -3.13. The van der Waals surface area contributed by atoms with Crippen molar-refractivity contribution in [2.75, 3.05) is 0 Å². The Kier molecular flexibility index (Phi) is 4.31. The maximum atomic E-state index is 12.8. The van der Waals surface area contributed by atoms with Crippen molar-refractivity contribution in [1.82, 2.24) is 0 Å². The van der Waals surface area contributed by atoms with Crippen molar-refractivity contribution in [1.29, 1.82) is 0 Å².